The van der Waals surface area contributed by atoms with Crippen molar-refractivity contribution in [2.24, 2.45) is 0 Å². The minimum absolute atomic E-state index is 0.0466. The molecule has 26 heavy (non-hydrogen) atoms. The second-order valence-electron chi connectivity index (χ2n) is 6.27. The number of fused-ring (bicyclic) bond motifs is 2. The van der Waals surface area contributed by atoms with Crippen molar-refractivity contribution in [3.63, 3.8) is 0 Å². The predicted octanol–water partition coefficient (Wildman–Crippen LogP) is 4.89. The van der Waals surface area contributed by atoms with E-state index in [-0.39, 0.29) is 6.67 Å². The number of hydrogen-bond acceptors (Lipinski definition) is 3. The summed E-state index contributed by atoms with van der Waals surface area (Å²) in [5.74, 6) is 0. The van der Waals surface area contributed by atoms with E-state index in [0.717, 1.165) is 12.1 Å². The number of halogens is 4. The van der Waals surface area contributed by atoms with Crippen LogP contribution in [0.3, 0.4) is 0 Å². The Labute approximate surface area is 146 Å². The van der Waals surface area contributed by atoms with Crippen LogP contribution >= 0.6 is 0 Å². The van der Waals surface area contributed by atoms with Gasteiger partial charge < -0.3 is 9.47 Å². The second kappa shape index (κ2) is 5.63. The van der Waals surface area contributed by atoms with Gasteiger partial charge in [-0.15, -0.1) is 0 Å². The molecule has 1 aliphatic heterocycles. The topological polar surface area (TPSA) is 31.6 Å². The van der Waals surface area contributed by atoms with Crippen molar-refractivity contribution < 1.29 is 22.8 Å². The van der Waals surface area contributed by atoms with E-state index in [9.17, 15) is 22.8 Å². The Bertz CT molecular complexity index is 982. The van der Waals surface area contributed by atoms with Crippen molar-refractivity contribution in [2.75, 3.05) is 9.96 Å². The third kappa shape index (κ3) is 2.48. The van der Waals surface area contributed by atoms with E-state index >= 15 is 0 Å². The number of para-hydroxylation sites is 2. The number of rotatable bonds is 2. The minimum atomic E-state index is -4.42. The summed E-state index contributed by atoms with van der Waals surface area (Å²) in [5.41, 5.74) is 1.18. The standard InChI is InChI=1S/C18H15F4N3O/c1-11-8-13(18(20,21)22)9-12-6-7-23(16(11)12)10-24-14-4-2-3-5-15(14)25(26)17(24)19/h2-9,17,26H,10H2,1H3. The summed E-state index contributed by atoms with van der Waals surface area (Å²) in [7, 11) is 0. The van der Waals surface area contributed by atoms with Crippen LogP contribution in [0.1, 0.15) is 11.1 Å². The first kappa shape index (κ1) is 16.7. The third-order valence-corrected chi connectivity index (χ3v) is 4.58. The molecule has 3 aromatic rings. The van der Waals surface area contributed by atoms with E-state index in [4.69, 9.17) is 0 Å². The Morgan fingerprint density at radius 3 is 2.46 bits per heavy atom. The average molecular weight is 365 g/mol. The molecule has 2 aromatic carbocycles. The van der Waals surface area contributed by atoms with Gasteiger partial charge in [-0.2, -0.15) is 17.6 Å². The van der Waals surface area contributed by atoms with E-state index in [1.165, 1.54) is 4.90 Å². The highest BCUT2D eigenvalue weighted by Crippen LogP contribution is 2.40. The van der Waals surface area contributed by atoms with Crippen LogP contribution in [-0.4, -0.2) is 16.2 Å². The van der Waals surface area contributed by atoms with Crippen molar-refractivity contribution in [1.82, 2.24) is 4.57 Å². The molecule has 136 valence electrons. The van der Waals surface area contributed by atoms with Crippen LogP contribution < -0.4 is 9.96 Å². The van der Waals surface area contributed by atoms with Gasteiger partial charge in [0.15, 0.2) is 0 Å². The molecule has 1 aliphatic rings. The summed E-state index contributed by atoms with van der Waals surface area (Å²) in [4.78, 5) is 1.34. The molecule has 2 heterocycles. The third-order valence-electron chi connectivity index (χ3n) is 4.58. The summed E-state index contributed by atoms with van der Waals surface area (Å²) in [6, 6.07) is 10.4. The van der Waals surface area contributed by atoms with Crippen LogP contribution in [0.15, 0.2) is 48.7 Å². The van der Waals surface area contributed by atoms with Crippen molar-refractivity contribution in [2.45, 2.75) is 26.2 Å². The van der Waals surface area contributed by atoms with Crippen LogP contribution in [0.4, 0.5) is 28.9 Å². The number of anilines is 2. The number of hydrogen-bond donors (Lipinski definition) is 1. The lowest BCUT2D eigenvalue weighted by Gasteiger charge is -2.24. The summed E-state index contributed by atoms with van der Waals surface area (Å²) >= 11 is 0. The number of aromatic nitrogens is 1. The molecule has 0 amide bonds. The molecule has 4 nitrogen and oxygen atoms in total. The predicted molar refractivity (Wildman–Crippen MR) is 89.8 cm³/mol. The van der Waals surface area contributed by atoms with E-state index in [1.807, 2.05) is 0 Å². The van der Waals surface area contributed by atoms with E-state index in [0.29, 0.717) is 32.9 Å². The van der Waals surface area contributed by atoms with Crippen molar-refractivity contribution >= 4 is 22.3 Å². The second-order valence-corrected chi connectivity index (χ2v) is 6.27. The van der Waals surface area contributed by atoms with Gasteiger partial charge in [-0.25, -0.2) is 5.06 Å². The van der Waals surface area contributed by atoms with Gasteiger partial charge in [0.25, 0.3) is 6.42 Å². The van der Waals surface area contributed by atoms with Gasteiger partial charge in [0.05, 0.1) is 29.1 Å². The van der Waals surface area contributed by atoms with Gasteiger partial charge >= 0.3 is 6.18 Å². The first-order valence-electron chi connectivity index (χ1n) is 7.92. The van der Waals surface area contributed by atoms with Crippen molar-refractivity contribution in [3.05, 3.63) is 59.8 Å². The van der Waals surface area contributed by atoms with Gasteiger partial charge in [-0.05, 0) is 42.8 Å². The molecule has 1 aromatic heterocycles. The molecule has 1 unspecified atom stereocenters. The van der Waals surface area contributed by atoms with E-state index in [2.05, 4.69) is 0 Å². The molecule has 0 aliphatic carbocycles. The quantitative estimate of drug-likeness (QED) is 0.518. The highest BCUT2D eigenvalue weighted by molar-refractivity contribution is 5.84. The lowest BCUT2D eigenvalue weighted by molar-refractivity contribution is -0.137. The van der Waals surface area contributed by atoms with Crippen LogP contribution in [0.5, 0.6) is 0 Å². The molecule has 0 fully saturated rings. The fourth-order valence-electron chi connectivity index (χ4n) is 3.42. The first-order chi connectivity index (χ1) is 12.3. The first-order valence-corrected chi connectivity index (χ1v) is 7.92. The fourth-order valence-corrected chi connectivity index (χ4v) is 3.42. The van der Waals surface area contributed by atoms with Gasteiger partial charge in [0, 0.05) is 11.6 Å². The maximum absolute atomic E-state index is 14.5. The molecule has 0 bridgehead atoms. The zero-order chi connectivity index (χ0) is 18.6. The molecule has 1 atom stereocenters. The molecule has 8 heteroatoms. The number of aryl methyl sites for hydroxylation is 1. The highest BCUT2D eigenvalue weighted by atomic mass is 19.4. The Balaban J connectivity index is 1.75. The Morgan fingerprint density at radius 1 is 1.08 bits per heavy atom. The monoisotopic (exact) mass is 365 g/mol. The fraction of sp³-hybridized carbons (Fsp3) is 0.222. The Hall–Kier alpha value is -2.74. The number of benzene rings is 2. The van der Waals surface area contributed by atoms with Crippen LogP contribution in [0.25, 0.3) is 10.9 Å². The van der Waals surface area contributed by atoms with Crippen molar-refractivity contribution in [1.29, 1.82) is 0 Å². The molecule has 0 spiro atoms. The van der Waals surface area contributed by atoms with Gasteiger partial charge in [0.2, 0.25) is 0 Å². The molecular weight excluding hydrogens is 350 g/mol. The Morgan fingerprint density at radius 2 is 1.77 bits per heavy atom. The number of nitrogens with zero attached hydrogens (tertiary/aromatic N) is 3. The molecule has 1 N–H and O–H groups in total. The number of alkyl halides is 4. The lowest BCUT2D eigenvalue weighted by atomic mass is 10.1. The summed E-state index contributed by atoms with van der Waals surface area (Å²) in [6.07, 6.45) is -4.58. The Kier molecular flexibility index (Phi) is 3.62. The molecular formula is C18H15F4N3O. The van der Waals surface area contributed by atoms with Crippen LogP contribution in [-0.2, 0) is 12.8 Å². The average Bonchev–Trinajstić information content (AvgIpc) is 3.10. The van der Waals surface area contributed by atoms with Gasteiger partial charge in [-0.3, -0.25) is 5.21 Å². The summed E-state index contributed by atoms with van der Waals surface area (Å²) in [5, 5.41) is 10.9. The maximum atomic E-state index is 14.5. The molecule has 0 saturated heterocycles. The lowest BCUT2D eigenvalue weighted by Crippen LogP contribution is -2.38. The normalized spacial score (nSPS) is 17.2. The SMILES string of the molecule is Cc1cc(C(F)(F)F)cc2ccn(CN3c4ccccc4N(O)C3F)c12. The summed E-state index contributed by atoms with van der Waals surface area (Å²) < 4.78 is 55.2. The zero-order valence-corrected chi connectivity index (χ0v) is 13.7. The zero-order valence-electron chi connectivity index (χ0n) is 13.7. The van der Waals surface area contributed by atoms with Crippen molar-refractivity contribution in [3.8, 4) is 0 Å². The van der Waals surface area contributed by atoms with Crippen LogP contribution in [0.2, 0.25) is 0 Å². The maximum Gasteiger partial charge on any atom is 0.416 e. The minimum Gasteiger partial charge on any atom is -0.329 e. The highest BCUT2D eigenvalue weighted by Gasteiger charge is 2.36. The smallest absolute Gasteiger partial charge is 0.329 e. The van der Waals surface area contributed by atoms with Crippen LogP contribution in [0, 0.1) is 6.92 Å². The largest absolute Gasteiger partial charge is 0.416 e. The summed E-state index contributed by atoms with van der Waals surface area (Å²) in [6.45, 7) is 1.64. The molecule has 0 radical (unpaired) electrons. The van der Waals surface area contributed by atoms with E-state index in [1.54, 1.807) is 48.0 Å². The molecule has 4 rings (SSSR count). The molecule has 0 saturated carbocycles. The number of hydroxylamine groups is 1. The van der Waals surface area contributed by atoms with E-state index < -0.39 is 18.2 Å². The van der Waals surface area contributed by atoms with Gasteiger partial charge in [-0.1, -0.05) is 12.1 Å². The van der Waals surface area contributed by atoms with Gasteiger partial charge in [0.1, 0.15) is 0 Å².